The van der Waals surface area contributed by atoms with E-state index in [1.54, 1.807) is 24.1 Å². The van der Waals surface area contributed by atoms with Crippen molar-refractivity contribution < 1.29 is 9.18 Å². The summed E-state index contributed by atoms with van der Waals surface area (Å²) < 4.78 is 13.9. The summed E-state index contributed by atoms with van der Waals surface area (Å²) in [4.78, 5) is 13.7. The number of nitrogens with one attached hydrogen (secondary N) is 1. The quantitative estimate of drug-likeness (QED) is 0.783. The van der Waals surface area contributed by atoms with E-state index in [2.05, 4.69) is 27.9 Å². The molecule has 1 N–H and O–H groups in total. The van der Waals surface area contributed by atoms with Gasteiger partial charge in [-0.3, -0.25) is 4.79 Å². The minimum absolute atomic E-state index is 0.0148. The second-order valence-electron chi connectivity index (χ2n) is 4.71. The normalized spacial score (nSPS) is 10.2. The molecule has 110 valence electrons. The molecule has 1 amide bonds. The van der Waals surface area contributed by atoms with E-state index in [0.29, 0.717) is 6.54 Å². The van der Waals surface area contributed by atoms with Gasteiger partial charge in [-0.15, -0.1) is 0 Å². The molecule has 0 saturated heterocycles. The second kappa shape index (κ2) is 7.40. The molecule has 21 heavy (non-hydrogen) atoms. The van der Waals surface area contributed by atoms with E-state index < -0.39 is 0 Å². The number of rotatable bonds is 5. The molecule has 2 aromatic rings. The Bertz CT molecular complexity index is 616. The number of nitrogens with zero attached hydrogens (tertiary/aromatic N) is 1. The van der Waals surface area contributed by atoms with E-state index in [1.807, 2.05) is 24.3 Å². The van der Waals surface area contributed by atoms with Gasteiger partial charge in [-0.05, 0) is 52.4 Å². The molecule has 2 rings (SSSR count). The monoisotopic (exact) mass is 398 g/mol. The topological polar surface area (TPSA) is 32.3 Å². The highest BCUT2D eigenvalue weighted by Crippen LogP contribution is 2.16. The molecule has 0 aliphatic rings. The van der Waals surface area contributed by atoms with Gasteiger partial charge in [-0.25, -0.2) is 4.39 Å². The van der Waals surface area contributed by atoms with E-state index in [9.17, 15) is 9.18 Å². The van der Waals surface area contributed by atoms with Crippen molar-refractivity contribution in [2.75, 3.05) is 18.9 Å². The van der Waals surface area contributed by atoms with E-state index >= 15 is 0 Å². The Balaban J connectivity index is 1.88. The maximum atomic E-state index is 12.8. The Morgan fingerprint density at radius 3 is 2.52 bits per heavy atom. The molecule has 0 radical (unpaired) electrons. The fraction of sp³-hybridized carbons (Fsp3) is 0.188. The molecule has 0 unspecified atom stereocenters. The number of halogens is 2. The SMILES string of the molecule is CN(Cc1ccc(F)cc1)C(=O)CNc1ccccc1I. The zero-order chi connectivity index (χ0) is 15.2. The first kappa shape index (κ1) is 15.8. The van der Waals surface area contributed by atoms with Crippen LogP contribution in [0.25, 0.3) is 0 Å². The third-order valence-electron chi connectivity index (χ3n) is 3.06. The van der Waals surface area contributed by atoms with Crippen LogP contribution in [-0.2, 0) is 11.3 Å². The summed E-state index contributed by atoms with van der Waals surface area (Å²) in [5, 5.41) is 3.13. The average molecular weight is 398 g/mol. The van der Waals surface area contributed by atoms with Gasteiger partial charge in [0.25, 0.3) is 0 Å². The van der Waals surface area contributed by atoms with Gasteiger partial charge in [0.1, 0.15) is 5.82 Å². The number of amides is 1. The van der Waals surface area contributed by atoms with Gasteiger partial charge < -0.3 is 10.2 Å². The average Bonchev–Trinajstić information content (AvgIpc) is 2.48. The maximum absolute atomic E-state index is 12.8. The van der Waals surface area contributed by atoms with Crippen LogP contribution in [0.4, 0.5) is 10.1 Å². The molecule has 0 saturated carbocycles. The van der Waals surface area contributed by atoms with Crippen molar-refractivity contribution in [3.63, 3.8) is 0 Å². The van der Waals surface area contributed by atoms with E-state index in [1.165, 1.54) is 12.1 Å². The van der Waals surface area contributed by atoms with Crippen molar-refractivity contribution >= 4 is 34.2 Å². The largest absolute Gasteiger partial charge is 0.375 e. The van der Waals surface area contributed by atoms with Crippen molar-refractivity contribution in [2.24, 2.45) is 0 Å². The second-order valence-corrected chi connectivity index (χ2v) is 5.87. The van der Waals surface area contributed by atoms with Crippen LogP contribution in [0.2, 0.25) is 0 Å². The number of para-hydroxylation sites is 1. The lowest BCUT2D eigenvalue weighted by Gasteiger charge is -2.18. The summed E-state index contributed by atoms with van der Waals surface area (Å²) in [5.74, 6) is -0.285. The molecule has 0 aromatic heterocycles. The Kier molecular flexibility index (Phi) is 5.55. The van der Waals surface area contributed by atoms with Gasteiger partial charge in [0, 0.05) is 22.8 Å². The smallest absolute Gasteiger partial charge is 0.241 e. The minimum Gasteiger partial charge on any atom is -0.375 e. The predicted molar refractivity (Wildman–Crippen MR) is 90.5 cm³/mol. The zero-order valence-corrected chi connectivity index (χ0v) is 13.8. The van der Waals surface area contributed by atoms with Gasteiger partial charge >= 0.3 is 0 Å². The van der Waals surface area contributed by atoms with Gasteiger partial charge in [0.15, 0.2) is 0 Å². The Morgan fingerprint density at radius 1 is 1.19 bits per heavy atom. The first-order chi connectivity index (χ1) is 10.1. The fourth-order valence-corrected chi connectivity index (χ4v) is 2.44. The fourth-order valence-electron chi connectivity index (χ4n) is 1.86. The van der Waals surface area contributed by atoms with Crippen LogP contribution in [0.3, 0.4) is 0 Å². The van der Waals surface area contributed by atoms with E-state index in [4.69, 9.17) is 0 Å². The number of likely N-dealkylation sites (N-methyl/N-ethyl adjacent to an activating group) is 1. The van der Waals surface area contributed by atoms with Gasteiger partial charge in [0.05, 0.1) is 6.54 Å². The minimum atomic E-state index is -0.270. The molecule has 0 bridgehead atoms. The highest BCUT2D eigenvalue weighted by molar-refractivity contribution is 14.1. The molecular formula is C16H16FIN2O. The highest BCUT2D eigenvalue weighted by atomic mass is 127. The summed E-state index contributed by atoms with van der Waals surface area (Å²) in [7, 11) is 1.74. The van der Waals surface area contributed by atoms with Crippen LogP contribution in [-0.4, -0.2) is 24.4 Å². The third-order valence-corrected chi connectivity index (χ3v) is 4.00. The van der Waals surface area contributed by atoms with Crippen molar-refractivity contribution in [1.29, 1.82) is 0 Å². The summed E-state index contributed by atoms with van der Waals surface area (Å²) in [6.07, 6.45) is 0. The predicted octanol–water partition coefficient (Wildman–Crippen LogP) is 3.50. The lowest BCUT2D eigenvalue weighted by Crippen LogP contribution is -2.31. The molecule has 2 aromatic carbocycles. The van der Waals surface area contributed by atoms with Crippen LogP contribution in [0, 0.1) is 9.39 Å². The van der Waals surface area contributed by atoms with Crippen molar-refractivity contribution in [3.8, 4) is 0 Å². The van der Waals surface area contributed by atoms with E-state index in [0.717, 1.165) is 14.8 Å². The van der Waals surface area contributed by atoms with Crippen LogP contribution in [0.5, 0.6) is 0 Å². The van der Waals surface area contributed by atoms with Crippen LogP contribution >= 0.6 is 22.6 Å². The number of hydrogen-bond donors (Lipinski definition) is 1. The van der Waals surface area contributed by atoms with Crippen molar-refractivity contribution in [1.82, 2.24) is 4.90 Å². The number of benzene rings is 2. The first-order valence-electron chi connectivity index (χ1n) is 6.53. The molecule has 0 heterocycles. The molecule has 0 spiro atoms. The Morgan fingerprint density at radius 2 is 1.86 bits per heavy atom. The number of hydrogen-bond acceptors (Lipinski definition) is 2. The highest BCUT2D eigenvalue weighted by Gasteiger charge is 2.09. The van der Waals surface area contributed by atoms with Crippen LogP contribution in [0.15, 0.2) is 48.5 Å². The maximum Gasteiger partial charge on any atom is 0.241 e. The first-order valence-corrected chi connectivity index (χ1v) is 7.61. The Hall–Kier alpha value is -1.63. The summed E-state index contributed by atoms with van der Waals surface area (Å²) >= 11 is 2.22. The summed E-state index contributed by atoms with van der Waals surface area (Å²) in [6.45, 7) is 0.699. The van der Waals surface area contributed by atoms with Gasteiger partial charge in [0.2, 0.25) is 5.91 Å². The third kappa shape index (κ3) is 4.70. The standard InChI is InChI=1S/C16H16FIN2O/c1-20(11-12-6-8-13(17)9-7-12)16(21)10-19-15-5-3-2-4-14(15)18/h2-9,19H,10-11H2,1H3. The molecule has 3 nitrogen and oxygen atoms in total. The molecule has 0 aliphatic carbocycles. The zero-order valence-electron chi connectivity index (χ0n) is 11.6. The van der Waals surface area contributed by atoms with E-state index in [-0.39, 0.29) is 18.3 Å². The summed E-state index contributed by atoms with van der Waals surface area (Å²) in [5.41, 5.74) is 1.85. The van der Waals surface area contributed by atoms with Gasteiger partial charge in [-0.1, -0.05) is 24.3 Å². The molecule has 0 aliphatic heterocycles. The molecule has 0 atom stereocenters. The van der Waals surface area contributed by atoms with Crippen molar-refractivity contribution in [2.45, 2.75) is 6.54 Å². The van der Waals surface area contributed by atoms with Crippen LogP contribution in [0.1, 0.15) is 5.56 Å². The summed E-state index contributed by atoms with van der Waals surface area (Å²) in [6, 6.07) is 14.0. The molecule has 5 heteroatoms. The molecular weight excluding hydrogens is 382 g/mol. The lowest BCUT2D eigenvalue weighted by molar-refractivity contribution is -0.128. The Labute approximate surface area is 137 Å². The van der Waals surface area contributed by atoms with Crippen molar-refractivity contribution in [3.05, 3.63) is 63.5 Å². The lowest BCUT2D eigenvalue weighted by atomic mass is 10.2. The number of anilines is 1. The van der Waals surface area contributed by atoms with Crippen LogP contribution < -0.4 is 5.32 Å². The van der Waals surface area contributed by atoms with Gasteiger partial charge in [-0.2, -0.15) is 0 Å². The number of carbonyl (C=O) groups excluding carboxylic acids is 1. The molecule has 0 fully saturated rings. The number of carbonyl (C=O) groups is 1.